The molecule has 0 aliphatic rings. The van der Waals surface area contributed by atoms with Gasteiger partial charge in [-0.15, -0.1) is 0 Å². The number of hydrogen-bond donors (Lipinski definition) is 1. The van der Waals surface area contributed by atoms with E-state index in [1.54, 1.807) is 12.1 Å². The smallest absolute Gasteiger partial charge is 0.416 e. The van der Waals surface area contributed by atoms with Crippen molar-refractivity contribution in [3.05, 3.63) is 83.4 Å². The van der Waals surface area contributed by atoms with Crippen molar-refractivity contribution in [1.29, 1.82) is 0 Å². The molecule has 3 nitrogen and oxygen atoms in total. The van der Waals surface area contributed by atoms with Gasteiger partial charge in [0.1, 0.15) is 6.61 Å². The van der Waals surface area contributed by atoms with Gasteiger partial charge in [0.25, 0.3) is 0 Å². The fourth-order valence-electron chi connectivity index (χ4n) is 3.23. The number of hydrogen-bond acceptors (Lipinski definition) is 3. The van der Waals surface area contributed by atoms with Crippen LogP contribution in [0, 0.1) is 0 Å². The third kappa shape index (κ3) is 5.57. The Labute approximate surface area is 167 Å². The lowest BCUT2D eigenvalue weighted by Crippen LogP contribution is -2.31. The summed E-state index contributed by atoms with van der Waals surface area (Å²) in [6, 6.07) is 18.3. The molecule has 3 aromatic carbocycles. The Bertz CT molecular complexity index is 980. The van der Waals surface area contributed by atoms with Crippen LogP contribution >= 0.6 is 0 Å². The van der Waals surface area contributed by atoms with Gasteiger partial charge in [0.2, 0.25) is 0 Å². The topological polar surface area (TPSA) is 38.3 Å². The lowest BCUT2D eigenvalue weighted by molar-refractivity contribution is -0.137. The van der Waals surface area contributed by atoms with Gasteiger partial charge in [-0.05, 0) is 41.8 Å². The van der Waals surface area contributed by atoms with Crippen LogP contribution in [-0.2, 0) is 17.3 Å². The molecule has 1 unspecified atom stereocenters. The zero-order valence-electron chi connectivity index (χ0n) is 16.0. The monoisotopic (exact) mass is 401 g/mol. The summed E-state index contributed by atoms with van der Waals surface area (Å²) in [5, 5.41) is 4.98. The van der Waals surface area contributed by atoms with E-state index in [0.717, 1.165) is 16.8 Å². The van der Waals surface area contributed by atoms with E-state index in [2.05, 4.69) is 5.32 Å². The molecule has 3 aromatic rings. The summed E-state index contributed by atoms with van der Waals surface area (Å²) in [7, 11) is 0. The molecule has 0 aromatic heterocycles. The zero-order chi connectivity index (χ0) is 20.9. The van der Waals surface area contributed by atoms with Crippen molar-refractivity contribution in [1.82, 2.24) is 5.32 Å². The molecule has 0 spiro atoms. The van der Waals surface area contributed by atoms with Gasteiger partial charge in [-0.2, -0.15) is 13.2 Å². The Morgan fingerprint density at radius 3 is 2.55 bits per heavy atom. The number of benzene rings is 3. The summed E-state index contributed by atoms with van der Waals surface area (Å²) >= 11 is 0. The normalized spacial score (nSPS) is 12.7. The van der Waals surface area contributed by atoms with E-state index < -0.39 is 17.7 Å². The third-order valence-electron chi connectivity index (χ3n) is 4.63. The maximum absolute atomic E-state index is 12.8. The summed E-state index contributed by atoms with van der Waals surface area (Å²) in [4.78, 5) is 12.4. The van der Waals surface area contributed by atoms with Gasteiger partial charge < -0.3 is 10.1 Å². The molecule has 0 bridgehead atoms. The van der Waals surface area contributed by atoms with Crippen LogP contribution in [0.4, 0.5) is 13.2 Å². The van der Waals surface area contributed by atoms with Crippen LogP contribution in [0.1, 0.15) is 28.4 Å². The molecule has 0 aliphatic heterocycles. The average Bonchev–Trinajstić information content (AvgIpc) is 2.70. The minimum absolute atomic E-state index is 0.0604. The fourth-order valence-corrected chi connectivity index (χ4v) is 3.23. The summed E-state index contributed by atoms with van der Waals surface area (Å²) in [6.45, 7) is 2.47. The summed E-state index contributed by atoms with van der Waals surface area (Å²) in [5.41, 5.74) is 0.471. The van der Waals surface area contributed by atoms with Crippen LogP contribution in [0.2, 0.25) is 0 Å². The minimum atomic E-state index is -4.34. The number of carbonyl (C=O) groups excluding carboxylic acids is 1. The fraction of sp³-hybridized carbons (Fsp3) is 0.261. The Morgan fingerprint density at radius 2 is 1.76 bits per heavy atom. The molecule has 0 heterocycles. The molecule has 0 saturated heterocycles. The average molecular weight is 401 g/mol. The maximum atomic E-state index is 12.8. The Kier molecular flexibility index (Phi) is 6.54. The van der Waals surface area contributed by atoms with Crippen LogP contribution in [0.5, 0.6) is 0 Å². The van der Waals surface area contributed by atoms with Gasteiger partial charge in [-0.1, -0.05) is 54.6 Å². The van der Waals surface area contributed by atoms with Crippen molar-refractivity contribution in [3.63, 3.8) is 0 Å². The number of rotatable bonds is 7. The number of halogens is 3. The predicted octanol–water partition coefficient (Wildman–Crippen LogP) is 5.24. The molecule has 0 radical (unpaired) electrons. The Balaban J connectivity index is 1.48. The van der Waals surface area contributed by atoms with Gasteiger partial charge in [0, 0.05) is 12.6 Å². The van der Waals surface area contributed by atoms with E-state index >= 15 is 0 Å². The third-order valence-corrected chi connectivity index (χ3v) is 4.63. The van der Waals surface area contributed by atoms with Crippen LogP contribution in [-0.4, -0.2) is 25.2 Å². The second kappa shape index (κ2) is 9.09. The molecule has 0 saturated carbocycles. The largest absolute Gasteiger partial charge is 0.461 e. The first-order valence-electron chi connectivity index (χ1n) is 9.39. The summed E-state index contributed by atoms with van der Waals surface area (Å²) < 4.78 is 43.8. The number of fused-ring (bicyclic) bond motifs is 1. The number of ether oxygens (including phenoxy) is 1. The van der Waals surface area contributed by atoms with E-state index in [1.807, 2.05) is 43.3 Å². The van der Waals surface area contributed by atoms with Crippen molar-refractivity contribution in [3.8, 4) is 0 Å². The Morgan fingerprint density at radius 1 is 1.03 bits per heavy atom. The number of nitrogens with one attached hydrogen (secondary N) is 1. The molecule has 29 heavy (non-hydrogen) atoms. The molecule has 0 fully saturated rings. The van der Waals surface area contributed by atoms with E-state index in [9.17, 15) is 18.0 Å². The summed E-state index contributed by atoms with van der Waals surface area (Å²) in [5.74, 6) is -0.394. The van der Waals surface area contributed by atoms with Gasteiger partial charge in [0.15, 0.2) is 0 Å². The van der Waals surface area contributed by atoms with Crippen molar-refractivity contribution in [2.75, 3.05) is 13.2 Å². The van der Waals surface area contributed by atoms with E-state index in [-0.39, 0.29) is 12.6 Å². The first-order chi connectivity index (χ1) is 13.8. The van der Waals surface area contributed by atoms with Gasteiger partial charge in [-0.3, -0.25) is 0 Å². The molecule has 3 rings (SSSR count). The maximum Gasteiger partial charge on any atom is 0.416 e. The van der Waals surface area contributed by atoms with Crippen molar-refractivity contribution in [2.24, 2.45) is 0 Å². The van der Waals surface area contributed by atoms with Crippen LogP contribution < -0.4 is 5.32 Å². The molecule has 6 heteroatoms. The lowest BCUT2D eigenvalue weighted by atomic mass is 10.0. The SMILES string of the molecule is CC(Cc1cccc(C(F)(F)F)c1)NCCOC(=O)c1cccc2ccccc12. The molecule has 0 amide bonds. The van der Waals surface area contributed by atoms with Crippen molar-refractivity contribution < 1.29 is 22.7 Å². The predicted molar refractivity (Wildman–Crippen MR) is 107 cm³/mol. The van der Waals surface area contributed by atoms with Crippen molar-refractivity contribution >= 4 is 16.7 Å². The lowest BCUT2D eigenvalue weighted by Gasteiger charge is -2.15. The number of alkyl halides is 3. The highest BCUT2D eigenvalue weighted by molar-refractivity contribution is 6.04. The first-order valence-corrected chi connectivity index (χ1v) is 9.39. The number of esters is 1. The van der Waals surface area contributed by atoms with Gasteiger partial charge in [0.05, 0.1) is 11.1 Å². The zero-order valence-corrected chi connectivity index (χ0v) is 16.0. The highest BCUT2D eigenvalue weighted by atomic mass is 19.4. The minimum Gasteiger partial charge on any atom is -0.461 e. The number of carbonyl (C=O) groups is 1. The molecule has 1 atom stereocenters. The molecule has 0 aliphatic carbocycles. The molecule has 1 N–H and O–H groups in total. The molecule has 152 valence electrons. The second-order valence-electron chi connectivity index (χ2n) is 6.92. The van der Waals surface area contributed by atoms with Gasteiger partial charge in [-0.25, -0.2) is 4.79 Å². The Hall–Kier alpha value is -2.86. The first kappa shape index (κ1) is 20.9. The quantitative estimate of drug-likeness (QED) is 0.435. The van der Waals surface area contributed by atoms with Gasteiger partial charge >= 0.3 is 12.1 Å². The van der Waals surface area contributed by atoms with E-state index in [4.69, 9.17) is 4.74 Å². The standard InChI is InChI=1S/C23H22F3NO2/c1-16(14-17-6-4-9-19(15-17)23(24,25)26)27-12-13-29-22(28)21-11-5-8-18-7-2-3-10-20(18)21/h2-11,15-16,27H,12-14H2,1H3. The van der Waals surface area contributed by atoms with Crippen LogP contribution in [0.25, 0.3) is 10.8 Å². The van der Waals surface area contributed by atoms with E-state index in [1.165, 1.54) is 12.1 Å². The highest BCUT2D eigenvalue weighted by Crippen LogP contribution is 2.29. The van der Waals surface area contributed by atoms with Crippen molar-refractivity contribution in [2.45, 2.75) is 25.6 Å². The molecular weight excluding hydrogens is 379 g/mol. The molecular formula is C23H22F3NO2. The van der Waals surface area contributed by atoms with E-state index in [0.29, 0.717) is 24.1 Å². The highest BCUT2D eigenvalue weighted by Gasteiger charge is 2.30. The van der Waals surface area contributed by atoms with Crippen LogP contribution in [0.15, 0.2) is 66.7 Å². The van der Waals surface area contributed by atoms with Crippen LogP contribution in [0.3, 0.4) is 0 Å². The second-order valence-corrected chi connectivity index (χ2v) is 6.92. The summed E-state index contributed by atoms with van der Waals surface area (Å²) in [6.07, 6.45) is -3.90.